The van der Waals surface area contributed by atoms with Crippen LogP contribution in [-0.4, -0.2) is 63.5 Å². The zero-order chi connectivity index (χ0) is 38.7. The summed E-state index contributed by atoms with van der Waals surface area (Å²) in [5.41, 5.74) is 7.29. The van der Waals surface area contributed by atoms with E-state index >= 15 is 0 Å². The Balaban J connectivity index is 0.00000729. The third-order valence-corrected chi connectivity index (χ3v) is 9.56. The fraction of sp³-hybridized carbons (Fsp3) is 0.394. The van der Waals surface area contributed by atoms with E-state index in [2.05, 4.69) is 19.9 Å². The first kappa shape index (κ1) is 39.4. The summed E-state index contributed by atoms with van der Waals surface area (Å²) >= 11 is 0. The van der Waals surface area contributed by atoms with Crippen molar-refractivity contribution in [1.82, 2.24) is 14.9 Å². The van der Waals surface area contributed by atoms with E-state index in [0.717, 1.165) is 4.31 Å². The van der Waals surface area contributed by atoms with Gasteiger partial charge in [0.1, 0.15) is 6.04 Å². The third kappa shape index (κ3) is 14.7. The van der Waals surface area contributed by atoms with Gasteiger partial charge in [0.25, 0.3) is 0 Å². The number of methoxy groups -OCH3 is 1. The molecular weight excluding hydrogens is 705 g/mol. The Kier molecular flexibility index (Phi) is 17.6. The molecule has 1 unspecified atom stereocenters. The molecular formula is C33H43N4Na2O9PS. The number of nitrogens with zero attached hydrogens (tertiary/aromatic N) is 1. The second-order valence-corrected chi connectivity index (χ2v) is 14.4. The van der Waals surface area contributed by atoms with Crippen LogP contribution in [-0.2, 0) is 28.6 Å². The van der Waals surface area contributed by atoms with E-state index in [4.69, 9.17) is 11.2 Å². The summed E-state index contributed by atoms with van der Waals surface area (Å²) in [6, 6.07) is 20.0. The average Bonchev–Trinajstić information content (AvgIpc) is 3.04. The molecule has 3 aromatic carbocycles. The van der Waals surface area contributed by atoms with Crippen LogP contribution in [0.4, 0.5) is 10.5 Å². The van der Waals surface area contributed by atoms with Crippen molar-refractivity contribution in [1.29, 1.82) is 0 Å². The number of nitrogen functional groups attached to an aromatic ring is 1. The molecule has 4 N–H and O–H groups in total. The maximum absolute atomic E-state index is 13.8. The summed E-state index contributed by atoms with van der Waals surface area (Å²) in [4.78, 5) is 49.3. The first-order chi connectivity index (χ1) is 24.3. The number of benzene rings is 3. The fourth-order valence-electron chi connectivity index (χ4n) is 5.13. The van der Waals surface area contributed by atoms with Crippen LogP contribution in [0.3, 0.4) is 0 Å². The van der Waals surface area contributed by atoms with E-state index in [-0.39, 0.29) is 102 Å². The van der Waals surface area contributed by atoms with Crippen molar-refractivity contribution in [3.8, 4) is 0 Å². The number of rotatable bonds is 18. The van der Waals surface area contributed by atoms with Crippen LogP contribution >= 0.6 is 7.82 Å². The van der Waals surface area contributed by atoms with Crippen molar-refractivity contribution in [2.45, 2.75) is 56.0 Å². The molecule has 17 heteroatoms. The van der Waals surface area contributed by atoms with Gasteiger partial charge >= 0.3 is 65.2 Å². The molecule has 0 fully saturated rings. The van der Waals surface area contributed by atoms with Crippen LogP contribution < -0.4 is 85.3 Å². The first-order valence-electron chi connectivity index (χ1n) is 17.2. The fourth-order valence-corrected chi connectivity index (χ4v) is 7.17. The van der Waals surface area contributed by atoms with Gasteiger partial charge < -0.3 is 40.0 Å². The van der Waals surface area contributed by atoms with Gasteiger partial charge in [0, 0.05) is 30.7 Å². The number of hydrogen-bond donors (Lipinski definition) is 3. The van der Waals surface area contributed by atoms with Gasteiger partial charge in [0.2, 0.25) is 15.9 Å². The molecule has 0 heterocycles. The number of phosphoric ester groups is 1. The van der Waals surface area contributed by atoms with Crippen LogP contribution in [0.2, 0.25) is 0 Å². The number of carbonyl (C=O) groups is 2. The van der Waals surface area contributed by atoms with Crippen LogP contribution in [0, 0.1) is 5.92 Å². The number of ether oxygens (including phenoxy) is 1. The summed E-state index contributed by atoms with van der Waals surface area (Å²) in [5.74, 6) is -1.76. The van der Waals surface area contributed by atoms with Crippen LogP contribution in [0.15, 0.2) is 89.8 Å². The van der Waals surface area contributed by atoms with E-state index in [1.807, 2.05) is 0 Å². The number of carbonyl (C=O) groups excluding carboxylic acids is 2. The Bertz CT molecular complexity index is 1720. The van der Waals surface area contributed by atoms with Crippen molar-refractivity contribution >= 4 is 35.5 Å². The molecule has 0 spiro atoms. The molecule has 0 saturated carbocycles. The summed E-state index contributed by atoms with van der Waals surface area (Å²) < 4.78 is 79.3. The molecule has 2 amide bonds. The van der Waals surface area contributed by atoms with Gasteiger partial charge in [-0.1, -0.05) is 80.9 Å². The molecule has 0 radical (unpaired) electrons. The van der Waals surface area contributed by atoms with Crippen molar-refractivity contribution in [2.24, 2.45) is 5.92 Å². The Hall–Kier alpha value is -1.78. The summed E-state index contributed by atoms with van der Waals surface area (Å²) in [6.45, 7) is 1.16. The van der Waals surface area contributed by atoms with Crippen molar-refractivity contribution in [3.63, 3.8) is 0 Å². The first-order valence-corrected chi connectivity index (χ1v) is 18.1. The second-order valence-electron chi connectivity index (χ2n) is 11.4. The zero-order valence-electron chi connectivity index (χ0n) is 32.6. The van der Waals surface area contributed by atoms with Gasteiger partial charge in [-0.25, -0.2) is 13.2 Å². The minimum atomic E-state index is -5.70. The predicted octanol–water partition coefficient (Wildman–Crippen LogP) is -3.02. The number of nitrogens with two attached hydrogens (primary N) is 1. The van der Waals surface area contributed by atoms with Crippen LogP contribution in [0.25, 0.3) is 0 Å². The van der Waals surface area contributed by atoms with Crippen LogP contribution in [0.5, 0.6) is 0 Å². The van der Waals surface area contributed by atoms with E-state index in [9.17, 15) is 32.4 Å². The monoisotopic (exact) mass is 752 g/mol. The van der Waals surface area contributed by atoms with E-state index in [1.165, 1.54) is 24.3 Å². The molecule has 0 bridgehead atoms. The number of nitrogens with one attached hydrogen (secondary N) is 2. The molecule has 3 rings (SSSR count). The third-order valence-electron chi connectivity index (χ3n) is 7.27. The van der Waals surface area contributed by atoms with Gasteiger partial charge in [0.05, 0.1) is 31.8 Å². The minimum Gasteiger partial charge on any atom is -0.790 e. The molecule has 0 saturated heterocycles. The molecule has 3 atom stereocenters. The molecule has 3 aromatic rings. The van der Waals surface area contributed by atoms with Gasteiger partial charge in [-0.15, -0.1) is 0 Å². The van der Waals surface area contributed by atoms with Gasteiger partial charge in [-0.05, 0) is 54.2 Å². The molecule has 0 aliphatic heterocycles. The minimum absolute atomic E-state index is 0. The number of alkyl carbamates (subject to hydrolysis) is 1. The topological polar surface area (TPSA) is 203 Å². The quantitative estimate of drug-likeness (QED) is 0.0520. The van der Waals surface area contributed by atoms with Gasteiger partial charge in [-0.3, -0.25) is 4.79 Å². The molecule has 0 aromatic heterocycles. The van der Waals surface area contributed by atoms with Gasteiger partial charge in [-0.2, -0.15) is 4.31 Å². The molecule has 0 aliphatic carbocycles. The van der Waals surface area contributed by atoms with E-state index in [1.54, 1.807) is 74.5 Å². The van der Waals surface area contributed by atoms with Crippen LogP contribution in [0.1, 0.15) is 55.6 Å². The SMILES string of the molecule is [2H]C(OP(=O)([O-])[O-])[C@H](CCCCNC(=O)[C@@H](NC(=O)OC([2H])([2H])[2H])C(c1ccccc1)c1ccccc1)N(CC(C)C)S(=O)(=O)c1ccc(N)cc1.[Na+].[Na+]. The molecule has 262 valence electrons. The maximum atomic E-state index is 13.8. The maximum Gasteiger partial charge on any atom is 1.00 e. The largest absolute Gasteiger partial charge is 1.00 e. The van der Waals surface area contributed by atoms with E-state index in [0.29, 0.717) is 16.8 Å². The summed E-state index contributed by atoms with van der Waals surface area (Å²) in [6.07, 6.45) is -1.19. The number of unbranched alkanes of at least 4 members (excludes halogenated alkanes) is 1. The summed E-state index contributed by atoms with van der Waals surface area (Å²) in [5, 5.41) is 5.11. The zero-order valence-corrected chi connectivity index (χ0v) is 34.3. The van der Waals surface area contributed by atoms with Crippen molar-refractivity contribution in [2.75, 3.05) is 32.4 Å². The smallest absolute Gasteiger partial charge is 0.790 e. The predicted molar refractivity (Wildman–Crippen MR) is 178 cm³/mol. The Morgan fingerprint density at radius 3 is 2.02 bits per heavy atom. The average molecular weight is 753 g/mol. The standard InChI is InChI=1S/C33H45N4O9PS.2Na/c1-24(2)22-37(48(43,44)29-19-17-27(34)18-20-29)28(23-46-47(40,41)42)16-10-11-21-35-32(38)31(36-33(39)45-3)30(25-12-6-4-7-13-25)26-14-8-5-9-15-26;;/h4-9,12-15,17-20,24,28,30-31H,10-11,16,21-23,34H2,1-3H3,(H,35,38)(H,36,39)(H2,40,41,42);;/q;2*+1/p-2/t28-,31-;;/m0../s1/i3D3,23D;;/t23?,28-,31-;;. The Morgan fingerprint density at radius 2 is 1.52 bits per heavy atom. The van der Waals surface area contributed by atoms with Gasteiger partial charge in [0.15, 0.2) is 0 Å². The van der Waals surface area contributed by atoms with E-state index < -0.39 is 61.5 Å². The number of amides is 2. The molecule has 13 nitrogen and oxygen atoms in total. The number of sulfonamides is 1. The summed E-state index contributed by atoms with van der Waals surface area (Å²) in [7, 11) is -13.1. The Morgan fingerprint density at radius 1 is 0.960 bits per heavy atom. The van der Waals surface area contributed by atoms with Crippen molar-refractivity contribution < 1.29 is 106 Å². The molecule has 50 heavy (non-hydrogen) atoms. The van der Waals surface area contributed by atoms with Crippen molar-refractivity contribution in [3.05, 3.63) is 96.1 Å². The normalized spacial score (nSPS) is 14.9. The number of anilines is 1. The second kappa shape index (κ2) is 22.3. The Labute approximate surface area is 344 Å². The number of hydrogen-bond acceptors (Lipinski definition) is 10. The number of phosphoric acid groups is 1. The molecule has 0 aliphatic rings.